The maximum Gasteiger partial charge on any atom is 0.270 e. The highest BCUT2D eigenvalue weighted by Crippen LogP contribution is 2.32. The lowest BCUT2D eigenvalue weighted by atomic mass is 9.79. The van der Waals surface area contributed by atoms with Crippen molar-refractivity contribution in [3.8, 4) is 11.8 Å². The van der Waals surface area contributed by atoms with E-state index in [0.717, 1.165) is 36.9 Å². The van der Waals surface area contributed by atoms with Crippen LogP contribution in [-0.2, 0) is 6.54 Å². The summed E-state index contributed by atoms with van der Waals surface area (Å²) in [6.45, 7) is 4.97. The van der Waals surface area contributed by atoms with Crippen LogP contribution < -0.4 is 5.32 Å². The summed E-state index contributed by atoms with van der Waals surface area (Å²) in [5.41, 5.74) is 1.78. The Labute approximate surface area is 169 Å². The number of carbonyl (C=O) groups is 1. The van der Waals surface area contributed by atoms with Gasteiger partial charge in [0, 0.05) is 29.9 Å². The number of hydrogen-bond acceptors (Lipinski definition) is 5. The van der Waals surface area contributed by atoms with Crippen LogP contribution in [0.15, 0.2) is 41.4 Å². The zero-order valence-corrected chi connectivity index (χ0v) is 16.3. The lowest BCUT2D eigenvalue weighted by molar-refractivity contribution is 0.0216. The zero-order chi connectivity index (χ0) is 19.8. The smallest absolute Gasteiger partial charge is 0.270 e. The fourth-order valence-electron chi connectivity index (χ4n) is 4.53. The molecule has 7 heteroatoms. The number of rotatable bonds is 3. The Bertz CT molecular complexity index is 1080. The normalized spacial score (nSPS) is 25.6. The minimum absolute atomic E-state index is 0.130. The van der Waals surface area contributed by atoms with Gasteiger partial charge in [0.2, 0.25) is 0 Å². The Balaban J connectivity index is 1.35. The van der Waals surface area contributed by atoms with Crippen molar-refractivity contribution >= 4 is 16.9 Å². The number of piperidine rings is 3. The van der Waals surface area contributed by atoms with Crippen molar-refractivity contribution in [1.29, 1.82) is 0 Å². The van der Waals surface area contributed by atoms with Gasteiger partial charge >= 0.3 is 0 Å². The summed E-state index contributed by atoms with van der Waals surface area (Å²) in [6, 6.07) is 4.19. The van der Waals surface area contributed by atoms with E-state index < -0.39 is 0 Å². The van der Waals surface area contributed by atoms with Crippen molar-refractivity contribution in [3.05, 3.63) is 48.2 Å². The van der Waals surface area contributed by atoms with Gasteiger partial charge in [0.05, 0.1) is 11.8 Å². The summed E-state index contributed by atoms with van der Waals surface area (Å²) < 4.78 is 7.31. The van der Waals surface area contributed by atoms with Crippen LogP contribution in [0.3, 0.4) is 0 Å². The van der Waals surface area contributed by atoms with Gasteiger partial charge in [-0.15, -0.1) is 0 Å². The molecule has 3 fully saturated rings. The molecule has 0 spiro atoms. The fourth-order valence-corrected chi connectivity index (χ4v) is 4.53. The zero-order valence-electron chi connectivity index (χ0n) is 16.3. The molecule has 0 aromatic carbocycles. The lowest BCUT2D eigenvalue weighted by Crippen LogP contribution is -2.62. The summed E-state index contributed by atoms with van der Waals surface area (Å²) in [5, 5.41) is 8.18. The molecular formula is C22H23N5O2. The van der Waals surface area contributed by atoms with Crippen molar-refractivity contribution < 1.29 is 9.21 Å². The summed E-state index contributed by atoms with van der Waals surface area (Å²) in [6.07, 6.45) is 9.10. The molecule has 6 heterocycles. The van der Waals surface area contributed by atoms with Gasteiger partial charge in [0.1, 0.15) is 18.5 Å². The lowest BCUT2D eigenvalue weighted by Gasteiger charge is -2.49. The monoisotopic (exact) mass is 389 g/mol. The molecule has 148 valence electrons. The van der Waals surface area contributed by atoms with Crippen molar-refractivity contribution in [2.45, 2.75) is 38.4 Å². The third-order valence-electron chi connectivity index (χ3n) is 6.19. The second-order valence-electron chi connectivity index (χ2n) is 7.83. The number of carbonyl (C=O) groups excluding carboxylic acids is 1. The number of amides is 1. The van der Waals surface area contributed by atoms with Crippen LogP contribution in [0.1, 0.15) is 35.8 Å². The highest BCUT2D eigenvalue weighted by atomic mass is 16.3. The second-order valence-corrected chi connectivity index (χ2v) is 7.83. The summed E-state index contributed by atoms with van der Waals surface area (Å²) in [4.78, 5) is 19.7. The molecule has 0 radical (unpaired) electrons. The molecule has 3 saturated heterocycles. The molecule has 6 rings (SSSR count). The van der Waals surface area contributed by atoms with Crippen LogP contribution in [0, 0.1) is 17.8 Å². The third kappa shape index (κ3) is 3.40. The van der Waals surface area contributed by atoms with Crippen LogP contribution in [0.2, 0.25) is 0 Å². The number of fused-ring (bicyclic) bond motifs is 4. The number of hydrogen-bond donors (Lipinski definition) is 1. The number of nitrogens with one attached hydrogen (secondary N) is 1. The topological polar surface area (TPSA) is 76.2 Å². The largest absolute Gasteiger partial charge is 0.461 e. The molecule has 3 aromatic rings. The molecule has 3 aromatic heterocycles. The van der Waals surface area contributed by atoms with Gasteiger partial charge in [-0.2, -0.15) is 5.10 Å². The molecule has 0 unspecified atom stereocenters. The van der Waals surface area contributed by atoms with Crippen molar-refractivity contribution in [2.75, 3.05) is 13.1 Å². The van der Waals surface area contributed by atoms with Gasteiger partial charge in [-0.1, -0.05) is 11.8 Å². The van der Waals surface area contributed by atoms with E-state index in [1.807, 2.05) is 12.3 Å². The minimum Gasteiger partial charge on any atom is -0.461 e. The predicted molar refractivity (Wildman–Crippen MR) is 108 cm³/mol. The molecule has 1 N–H and O–H groups in total. The van der Waals surface area contributed by atoms with Crippen LogP contribution in [0.25, 0.3) is 11.0 Å². The minimum atomic E-state index is -0.130. The first-order chi connectivity index (χ1) is 14.2. The average molecular weight is 389 g/mol. The van der Waals surface area contributed by atoms with E-state index in [2.05, 4.69) is 39.1 Å². The van der Waals surface area contributed by atoms with Crippen molar-refractivity contribution in [2.24, 2.45) is 5.92 Å². The summed E-state index contributed by atoms with van der Waals surface area (Å²) in [7, 11) is 0. The Morgan fingerprint density at radius 1 is 1.38 bits per heavy atom. The second kappa shape index (κ2) is 7.37. The molecule has 0 aliphatic carbocycles. The quantitative estimate of drug-likeness (QED) is 0.696. The SMILES string of the molecule is C[C@H]1[C@H](NC(=O)c2cc3c(C#CCn4cccn4)coc3cn2)C2CCN1CC2. The molecule has 29 heavy (non-hydrogen) atoms. The molecule has 3 aliphatic heterocycles. The fraction of sp³-hybridized carbons (Fsp3) is 0.409. The number of nitrogens with zero attached hydrogens (tertiary/aromatic N) is 4. The first kappa shape index (κ1) is 18.0. The maximum atomic E-state index is 12.9. The standard InChI is InChI=1S/C22H23N5O2/c1-15-21(16-5-10-26(15)11-6-16)25-22(28)19-12-18-17(14-29-20(18)13-23-19)4-2-8-27-9-3-7-24-27/h3,7,9,12-16,21H,5-6,8,10-11H2,1H3,(H,25,28)/t15-,21-/m0/s1. The maximum absolute atomic E-state index is 12.9. The average Bonchev–Trinajstić information content (AvgIpc) is 3.41. The molecule has 2 bridgehead atoms. The molecule has 0 saturated carbocycles. The number of furan rings is 1. The summed E-state index contributed by atoms with van der Waals surface area (Å²) in [5.74, 6) is 6.62. The highest BCUT2D eigenvalue weighted by molar-refractivity contribution is 5.97. The van der Waals surface area contributed by atoms with E-state index >= 15 is 0 Å². The van der Waals surface area contributed by atoms with Gasteiger partial charge in [-0.05, 0) is 50.9 Å². The summed E-state index contributed by atoms with van der Waals surface area (Å²) >= 11 is 0. The molecule has 7 nitrogen and oxygen atoms in total. The van der Waals surface area contributed by atoms with Crippen LogP contribution in [0.5, 0.6) is 0 Å². The van der Waals surface area contributed by atoms with Crippen molar-refractivity contribution in [1.82, 2.24) is 25.0 Å². The number of pyridine rings is 1. The van der Waals surface area contributed by atoms with Gasteiger partial charge in [0.25, 0.3) is 5.91 Å². The predicted octanol–water partition coefficient (Wildman–Crippen LogP) is 2.29. The Morgan fingerprint density at radius 2 is 2.24 bits per heavy atom. The van der Waals surface area contributed by atoms with Gasteiger partial charge in [-0.25, -0.2) is 4.98 Å². The number of aromatic nitrogens is 3. The molecule has 2 atom stereocenters. The van der Waals surface area contributed by atoms with E-state index in [1.165, 1.54) is 0 Å². The molecule has 3 aliphatic rings. The van der Waals surface area contributed by atoms with Crippen LogP contribution in [-0.4, -0.2) is 50.7 Å². The van der Waals surface area contributed by atoms with Crippen LogP contribution >= 0.6 is 0 Å². The highest BCUT2D eigenvalue weighted by Gasteiger charge is 2.40. The first-order valence-electron chi connectivity index (χ1n) is 10.1. The Kier molecular flexibility index (Phi) is 4.57. The Morgan fingerprint density at radius 3 is 3.00 bits per heavy atom. The van der Waals surface area contributed by atoms with Crippen LogP contribution in [0.4, 0.5) is 0 Å². The Hall–Kier alpha value is -3.11. The molecular weight excluding hydrogens is 366 g/mol. The van der Waals surface area contributed by atoms with E-state index in [1.54, 1.807) is 29.4 Å². The third-order valence-corrected chi connectivity index (χ3v) is 6.19. The van der Waals surface area contributed by atoms with Crippen molar-refractivity contribution in [3.63, 3.8) is 0 Å². The van der Waals surface area contributed by atoms with E-state index in [9.17, 15) is 4.79 Å². The van der Waals surface area contributed by atoms with E-state index in [4.69, 9.17) is 4.42 Å². The molecule has 1 amide bonds. The van der Waals surface area contributed by atoms with E-state index in [-0.39, 0.29) is 11.9 Å². The van der Waals surface area contributed by atoms with E-state index in [0.29, 0.717) is 29.8 Å². The van der Waals surface area contributed by atoms with Gasteiger partial charge < -0.3 is 9.73 Å². The van der Waals surface area contributed by atoms with Gasteiger partial charge in [0.15, 0.2) is 5.58 Å². The first-order valence-corrected chi connectivity index (χ1v) is 10.1. The van der Waals surface area contributed by atoms with Gasteiger partial charge in [-0.3, -0.25) is 14.4 Å².